The summed E-state index contributed by atoms with van der Waals surface area (Å²) in [6, 6.07) is 14.7. The molecule has 3 N–H and O–H groups in total. The number of amides is 4. The van der Waals surface area contributed by atoms with Gasteiger partial charge in [0.25, 0.3) is 5.91 Å². The second kappa shape index (κ2) is 17.7. The minimum atomic E-state index is -4.80. The van der Waals surface area contributed by atoms with Crippen LogP contribution in [0, 0.1) is 11.3 Å². The molecule has 18 heteroatoms. The molecule has 0 radical (unpaired) electrons. The predicted molar refractivity (Wildman–Crippen MR) is 226 cm³/mol. The number of rotatable bonds is 12. The third-order valence-electron chi connectivity index (χ3n) is 11.0. The lowest BCUT2D eigenvalue weighted by molar-refractivity contribution is -0.138. The molecular weight excluding hydrogens is 821 g/mol. The highest BCUT2D eigenvalue weighted by Crippen LogP contribution is 2.40. The fourth-order valence-corrected chi connectivity index (χ4v) is 8.58. The van der Waals surface area contributed by atoms with Gasteiger partial charge in [-0.3, -0.25) is 39.2 Å². The summed E-state index contributed by atoms with van der Waals surface area (Å²) in [5.74, 6) is -0.788. The largest absolute Gasteiger partial charge is 0.492 e. The van der Waals surface area contributed by atoms with E-state index in [1.54, 1.807) is 55.1 Å². The van der Waals surface area contributed by atoms with Crippen LogP contribution in [-0.2, 0) is 31.8 Å². The van der Waals surface area contributed by atoms with E-state index in [0.717, 1.165) is 22.6 Å². The highest BCUT2D eigenvalue weighted by molar-refractivity contribution is 7.81. The number of piperazine rings is 1. The molecule has 0 aliphatic carbocycles. The maximum atomic E-state index is 13.8. The fraction of sp³-hybridized carbons (Fsp3) is 0.429. The van der Waals surface area contributed by atoms with E-state index in [-0.39, 0.29) is 47.7 Å². The molecule has 3 atom stereocenters. The first kappa shape index (κ1) is 44.3. The Hall–Kier alpha value is -5.28. The Morgan fingerprint density at radius 2 is 1.70 bits per heavy atom. The topological polar surface area (TPSA) is 150 Å². The lowest BCUT2D eigenvalue weighted by Gasteiger charge is -2.43. The van der Waals surface area contributed by atoms with Crippen LogP contribution in [-0.4, -0.2) is 95.0 Å². The first-order valence-corrected chi connectivity index (χ1v) is 20.3. The number of thiocarbonyl (C=S) groups is 1. The molecule has 4 amide bonds. The van der Waals surface area contributed by atoms with Crippen LogP contribution in [0.2, 0.25) is 5.02 Å². The molecule has 60 heavy (non-hydrogen) atoms. The van der Waals surface area contributed by atoms with Gasteiger partial charge in [0.1, 0.15) is 23.9 Å². The van der Waals surface area contributed by atoms with Crippen LogP contribution in [0.15, 0.2) is 54.6 Å². The van der Waals surface area contributed by atoms with Gasteiger partial charge in [-0.15, -0.1) is 0 Å². The molecule has 1 unspecified atom stereocenters. The van der Waals surface area contributed by atoms with Gasteiger partial charge in [-0.1, -0.05) is 18.5 Å². The molecule has 3 aliphatic rings. The van der Waals surface area contributed by atoms with E-state index >= 15 is 0 Å². The highest BCUT2D eigenvalue weighted by Gasteiger charge is 2.51. The maximum absolute atomic E-state index is 13.8. The SMILES string of the molecule is CCc1cc(N2C(=S)N(c3ccc(C#N)c(C(F)(F)F)c3)C(=O)C2(C)C)ccc1OCCN1C[C@@H](C)N(CC(=O)Nc2cc(Cl)cc(NC3CCC(=O)NC3=O)c2)C[C@@H]1C. The number of nitrogens with one attached hydrogen (secondary N) is 3. The van der Waals surface area contributed by atoms with Gasteiger partial charge in [-0.25, -0.2) is 0 Å². The molecule has 3 aromatic carbocycles. The summed E-state index contributed by atoms with van der Waals surface area (Å²) >= 11 is 12.1. The number of aryl methyl sites for hydroxylation is 1. The average Bonchev–Trinajstić information content (AvgIpc) is 3.35. The van der Waals surface area contributed by atoms with E-state index in [0.29, 0.717) is 66.9 Å². The monoisotopic (exact) mass is 866 g/mol. The molecule has 0 saturated carbocycles. The van der Waals surface area contributed by atoms with Crippen LogP contribution in [0.1, 0.15) is 64.2 Å². The molecule has 3 aliphatic heterocycles. The number of ether oxygens (including phenoxy) is 1. The summed E-state index contributed by atoms with van der Waals surface area (Å²) in [5, 5.41) is 18.0. The van der Waals surface area contributed by atoms with Crippen molar-refractivity contribution >= 4 is 75.3 Å². The van der Waals surface area contributed by atoms with Crippen LogP contribution >= 0.6 is 23.8 Å². The highest BCUT2D eigenvalue weighted by atomic mass is 35.5. The Balaban J connectivity index is 1.04. The zero-order valence-corrected chi connectivity index (χ0v) is 35.4. The molecule has 3 heterocycles. The Morgan fingerprint density at radius 3 is 2.38 bits per heavy atom. The van der Waals surface area contributed by atoms with Crippen molar-refractivity contribution in [1.82, 2.24) is 15.1 Å². The summed E-state index contributed by atoms with van der Waals surface area (Å²) in [6.07, 6.45) is -3.63. The number of halogens is 4. The standard InChI is InChI=1S/C42H46ClF3N8O5S/c1-6-26-15-32(54-40(60)53(39(58)41(54,4)5)31-8-7-27(20-47)33(19-31)42(44,45)46)9-11-35(26)59-14-13-51-21-25(3)52(22-24(51)2)23-37(56)49-30-17-28(43)16-29(18-30)48-34-10-12-36(55)50-38(34)57/h7-9,11,15-19,24-25,34,48H,6,10,12-14,21-23H2,1-5H3,(H,49,56)(H,50,55,57)/t24-,25+,34?/m0/s1. The van der Waals surface area contributed by atoms with Gasteiger partial charge in [0.05, 0.1) is 29.4 Å². The quantitative estimate of drug-likeness (QED) is 0.138. The van der Waals surface area contributed by atoms with Gasteiger partial charge in [0.2, 0.25) is 17.7 Å². The van der Waals surface area contributed by atoms with Crippen LogP contribution in [0.3, 0.4) is 0 Å². The number of carbonyl (C=O) groups excluding carboxylic acids is 4. The van der Waals surface area contributed by atoms with Crippen LogP contribution in [0.4, 0.5) is 35.9 Å². The third-order valence-corrected chi connectivity index (χ3v) is 11.6. The minimum absolute atomic E-state index is 0.0104. The van der Waals surface area contributed by atoms with Crippen molar-refractivity contribution < 1.29 is 37.1 Å². The van der Waals surface area contributed by atoms with Crippen molar-refractivity contribution in [3.63, 3.8) is 0 Å². The number of benzene rings is 3. The van der Waals surface area contributed by atoms with Crippen molar-refractivity contribution in [2.24, 2.45) is 0 Å². The second-order valence-corrected chi connectivity index (χ2v) is 16.5. The number of carbonyl (C=O) groups is 4. The number of anilines is 4. The lowest BCUT2D eigenvalue weighted by Crippen LogP contribution is -2.58. The lowest BCUT2D eigenvalue weighted by atomic mass is 10.0. The first-order chi connectivity index (χ1) is 28.3. The summed E-state index contributed by atoms with van der Waals surface area (Å²) in [6.45, 7) is 11.9. The smallest absolute Gasteiger partial charge is 0.417 e. The zero-order chi connectivity index (χ0) is 43.7. The van der Waals surface area contributed by atoms with E-state index in [2.05, 4.69) is 39.6 Å². The number of piperidine rings is 1. The number of nitriles is 1. The molecule has 0 bridgehead atoms. The number of alkyl halides is 3. The van der Waals surface area contributed by atoms with E-state index in [1.165, 1.54) is 6.07 Å². The summed E-state index contributed by atoms with van der Waals surface area (Å²) in [5.41, 5.74) is -0.554. The number of imide groups is 1. The van der Waals surface area contributed by atoms with Gasteiger partial charge in [-0.05, 0) is 113 Å². The maximum Gasteiger partial charge on any atom is 0.417 e. The van der Waals surface area contributed by atoms with Crippen molar-refractivity contribution in [2.75, 3.05) is 53.2 Å². The molecule has 3 aromatic rings. The summed E-state index contributed by atoms with van der Waals surface area (Å²) < 4.78 is 47.7. The van der Waals surface area contributed by atoms with Crippen LogP contribution < -0.4 is 30.5 Å². The van der Waals surface area contributed by atoms with E-state index in [4.69, 9.17) is 28.6 Å². The fourth-order valence-electron chi connectivity index (χ4n) is 7.82. The summed E-state index contributed by atoms with van der Waals surface area (Å²) in [7, 11) is 0. The Kier molecular flexibility index (Phi) is 13.1. The molecule has 3 fully saturated rings. The molecule has 318 valence electrons. The Morgan fingerprint density at radius 1 is 1.02 bits per heavy atom. The van der Waals surface area contributed by atoms with Gasteiger partial charge in [0.15, 0.2) is 5.11 Å². The van der Waals surface area contributed by atoms with E-state index in [9.17, 15) is 37.6 Å². The van der Waals surface area contributed by atoms with Gasteiger partial charge in [-0.2, -0.15) is 18.4 Å². The normalized spacial score (nSPS) is 21.2. The molecular formula is C42H46ClF3N8O5S. The third kappa shape index (κ3) is 9.52. The van der Waals surface area contributed by atoms with Crippen molar-refractivity contribution in [3.05, 3.63) is 76.3 Å². The van der Waals surface area contributed by atoms with Crippen LogP contribution in [0.25, 0.3) is 0 Å². The number of nitrogens with zero attached hydrogens (tertiary/aromatic N) is 5. The van der Waals surface area contributed by atoms with E-state index in [1.807, 2.05) is 13.0 Å². The minimum Gasteiger partial charge on any atom is -0.492 e. The molecule has 6 rings (SSSR count). The van der Waals surface area contributed by atoms with E-state index < -0.39 is 40.7 Å². The molecule has 3 saturated heterocycles. The molecule has 0 spiro atoms. The zero-order valence-electron chi connectivity index (χ0n) is 33.8. The Bertz CT molecular complexity index is 2250. The van der Waals surface area contributed by atoms with Gasteiger partial charge < -0.3 is 20.3 Å². The number of hydrogen-bond acceptors (Lipinski definition) is 10. The summed E-state index contributed by atoms with van der Waals surface area (Å²) in [4.78, 5) is 57.8. The van der Waals surface area contributed by atoms with Crippen molar-refractivity contribution in [3.8, 4) is 11.8 Å². The Labute approximate surface area is 356 Å². The molecule has 13 nitrogen and oxygen atoms in total. The van der Waals surface area contributed by atoms with Gasteiger partial charge >= 0.3 is 6.18 Å². The average molecular weight is 867 g/mol. The predicted octanol–water partition coefficient (Wildman–Crippen LogP) is 6.34. The number of hydrogen-bond donors (Lipinski definition) is 3. The molecule has 0 aromatic heterocycles. The van der Waals surface area contributed by atoms with Gasteiger partial charge in [0, 0.05) is 60.2 Å². The first-order valence-electron chi connectivity index (χ1n) is 19.5. The second-order valence-electron chi connectivity index (χ2n) is 15.7. The van der Waals surface area contributed by atoms with Crippen molar-refractivity contribution in [2.45, 2.75) is 83.7 Å². The van der Waals surface area contributed by atoms with Crippen molar-refractivity contribution in [1.29, 1.82) is 5.26 Å². The van der Waals surface area contributed by atoms with Crippen LogP contribution in [0.5, 0.6) is 5.75 Å².